The SMILES string of the molecule is CC(C(=S)c1ccccc1)C1CNCCO1. The highest BCUT2D eigenvalue weighted by Gasteiger charge is 2.24. The molecule has 2 atom stereocenters. The van der Waals surface area contributed by atoms with Crippen LogP contribution in [0.25, 0.3) is 0 Å². The number of morpholine rings is 1. The summed E-state index contributed by atoms with van der Waals surface area (Å²) in [7, 11) is 0. The summed E-state index contributed by atoms with van der Waals surface area (Å²) in [6.07, 6.45) is 0.210. The lowest BCUT2D eigenvalue weighted by molar-refractivity contribution is 0.0124. The van der Waals surface area contributed by atoms with Crippen molar-refractivity contribution in [1.82, 2.24) is 5.32 Å². The van der Waals surface area contributed by atoms with Gasteiger partial charge in [0, 0.05) is 23.9 Å². The average Bonchev–Trinajstić information content (AvgIpc) is 2.39. The van der Waals surface area contributed by atoms with Gasteiger partial charge < -0.3 is 10.1 Å². The molecule has 1 aliphatic rings. The van der Waals surface area contributed by atoms with E-state index in [1.807, 2.05) is 18.2 Å². The Kier molecular flexibility index (Phi) is 4.04. The molecule has 0 radical (unpaired) electrons. The van der Waals surface area contributed by atoms with E-state index in [0.29, 0.717) is 0 Å². The maximum atomic E-state index is 5.73. The van der Waals surface area contributed by atoms with E-state index < -0.39 is 0 Å². The summed E-state index contributed by atoms with van der Waals surface area (Å²) < 4.78 is 5.73. The summed E-state index contributed by atoms with van der Waals surface area (Å²) in [5, 5.41) is 3.34. The molecule has 0 aliphatic carbocycles. The number of rotatable bonds is 3. The number of benzene rings is 1. The summed E-state index contributed by atoms with van der Waals surface area (Å²) in [6.45, 7) is 4.77. The van der Waals surface area contributed by atoms with Gasteiger partial charge in [0.25, 0.3) is 0 Å². The van der Waals surface area contributed by atoms with Crippen LogP contribution < -0.4 is 5.32 Å². The summed E-state index contributed by atoms with van der Waals surface area (Å²) in [6, 6.07) is 10.2. The molecule has 1 saturated heterocycles. The largest absolute Gasteiger partial charge is 0.375 e. The molecule has 0 aromatic heterocycles. The quantitative estimate of drug-likeness (QED) is 0.640. The zero-order valence-electron chi connectivity index (χ0n) is 9.48. The topological polar surface area (TPSA) is 21.3 Å². The van der Waals surface area contributed by atoms with E-state index in [9.17, 15) is 0 Å². The van der Waals surface area contributed by atoms with Gasteiger partial charge in [-0.1, -0.05) is 49.5 Å². The molecule has 1 N–H and O–H groups in total. The molecule has 1 fully saturated rings. The van der Waals surface area contributed by atoms with Gasteiger partial charge in [0.2, 0.25) is 0 Å². The minimum absolute atomic E-state index is 0.210. The van der Waals surface area contributed by atoms with Crippen molar-refractivity contribution in [3.63, 3.8) is 0 Å². The lowest BCUT2D eigenvalue weighted by atomic mass is 9.95. The summed E-state index contributed by atoms with van der Waals surface area (Å²) in [5.41, 5.74) is 1.14. The Labute approximate surface area is 102 Å². The smallest absolute Gasteiger partial charge is 0.0774 e. The first-order valence-electron chi connectivity index (χ1n) is 5.70. The fourth-order valence-corrected chi connectivity index (χ4v) is 2.23. The van der Waals surface area contributed by atoms with Gasteiger partial charge in [-0.2, -0.15) is 0 Å². The van der Waals surface area contributed by atoms with Crippen LogP contribution in [0.1, 0.15) is 12.5 Å². The lowest BCUT2D eigenvalue weighted by Crippen LogP contribution is -2.43. The molecule has 3 heteroatoms. The number of ether oxygens (including phenoxy) is 1. The molecule has 1 aliphatic heterocycles. The maximum Gasteiger partial charge on any atom is 0.0774 e. The van der Waals surface area contributed by atoms with Crippen LogP contribution in [0.15, 0.2) is 30.3 Å². The van der Waals surface area contributed by atoms with Gasteiger partial charge in [0.1, 0.15) is 0 Å². The van der Waals surface area contributed by atoms with E-state index in [-0.39, 0.29) is 12.0 Å². The van der Waals surface area contributed by atoms with Crippen molar-refractivity contribution < 1.29 is 4.74 Å². The third kappa shape index (κ3) is 2.67. The number of nitrogens with one attached hydrogen (secondary N) is 1. The molecule has 1 aromatic rings. The van der Waals surface area contributed by atoms with Gasteiger partial charge in [-0.05, 0) is 5.56 Å². The van der Waals surface area contributed by atoms with E-state index in [0.717, 1.165) is 30.1 Å². The predicted octanol–water partition coefficient (Wildman–Crippen LogP) is 2.03. The Morgan fingerprint density at radius 1 is 1.44 bits per heavy atom. The van der Waals surface area contributed by atoms with Crippen molar-refractivity contribution in [2.75, 3.05) is 19.7 Å². The monoisotopic (exact) mass is 235 g/mol. The van der Waals surface area contributed by atoms with Crippen LogP contribution in [-0.4, -0.2) is 30.7 Å². The second kappa shape index (κ2) is 5.53. The molecular weight excluding hydrogens is 218 g/mol. The number of hydrogen-bond acceptors (Lipinski definition) is 3. The van der Waals surface area contributed by atoms with E-state index in [1.54, 1.807) is 0 Å². The van der Waals surface area contributed by atoms with Gasteiger partial charge in [-0.3, -0.25) is 0 Å². The highest BCUT2D eigenvalue weighted by Crippen LogP contribution is 2.17. The van der Waals surface area contributed by atoms with Gasteiger partial charge >= 0.3 is 0 Å². The second-order valence-corrected chi connectivity index (χ2v) is 4.57. The van der Waals surface area contributed by atoms with Gasteiger partial charge in [-0.15, -0.1) is 0 Å². The first-order valence-corrected chi connectivity index (χ1v) is 6.11. The molecule has 0 saturated carbocycles. The molecule has 16 heavy (non-hydrogen) atoms. The molecule has 1 heterocycles. The molecule has 1 aromatic carbocycles. The third-order valence-electron chi connectivity index (χ3n) is 2.99. The van der Waals surface area contributed by atoms with Crippen LogP contribution in [0.2, 0.25) is 0 Å². The first-order chi connectivity index (χ1) is 7.79. The minimum Gasteiger partial charge on any atom is -0.375 e. The van der Waals surface area contributed by atoms with E-state index in [4.69, 9.17) is 17.0 Å². The van der Waals surface area contributed by atoms with Crippen LogP contribution >= 0.6 is 12.2 Å². The third-order valence-corrected chi connectivity index (χ3v) is 3.59. The predicted molar refractivity (Wildman–Crippen MR) is 69.9 cm³/mol. The maximum absolute atomic E-state index is 5.73. The zero-order valence-corrected chi connectivity index (χ0v) is 10.3. The van der Waals surface area contributed by atoms with E-state index >= 15 is 0 Å². The van der Waals surface area contributed by atoms with Crippen LogP contribution in [0.4, 0.5) is 0 Å². The van der Waals surface area contributed by atoms with Crippen molar-refractivity contribution in [2.24, 2.45) is 5.92 Å². The number of thiocarbonyl (C=S) groups is 1. The Hall–Kier alpha value is -0.770. The molecule has 0 spiro atoms. The molecule has 0 amide bonds. The zero-order chi connectivity index (χ0) is 11.4. The molecule has 0 bridgehead atoms. The van der Waals surface area contributed by atoms with Crippen LogP contribution in [0.5, 0.6) is 0 Å². The fourth-order valence-electron chi connectivity index (χ4n) is 1.94. The summed E-state index contributed by atoms with van der Waals surface area (Å²) >= 11 is 5.52. The molecule has 2 unspecified atom stereocenters. The van der Waals surface area contributed by atoms with Crippen molar-refractivity contribution in [2.45, 2.75) is 13.0 Å². The van der Waals surface area contributed by atoms with Crippen molar-refractivity contribution in [3.8, 4) is 0 Å². The Bertz CT molecular complexity index is 346. The normalized spacial score (nSPS) is 22.7. The van der Waals surface area contributed by atoms with Crippen LogP contribution in [0.3, 0.4) is 0 Å². The molecular formula is C13H17NOS. The van der Waals surface area contributed by atoms with Crippen molar-refractivity contribution in [1.29, 1.82) is 0 Å². The average molecular weight is 235 g/mol. The molecule has 2 nitrogen and oxygen atoms in total. The van der Waals surface area contributed by atoms with E-state index in [2.05, 4.69) is 24.4 Å². The highest BCUT2D eigenvalue weighted by molar-refractivity contribution is 7.80. The van der Waals surface area contributed by atoms with Crippen LogP contribution in [-0.2, 0) is 4.74 Å². The Balaban J connectivity index is 2.04. The standard InChI is InChI=1S/C13H17NOS/c1-10(12-9-14-7-8-15-12)13(16)11-5-3-2-4-6-11/h2-6,10,12,14H,7-9H2,1H3. The van der Waals surface area contributed by atoms with E-state index in [1.165, 1.54) is 0 Å². The van der Waals surface area contributed by atoms with Crippen molar-refractivity contribution >= 4 is 17.1 Å². The lowest BCUT2D eigenvalue weighted by Gasteiger charge is -2.29. The summed E-state index contributed by atoms with van der Waals surface area (Å²) in [5.74, 6) is 0.283. The fraction of sp³-hybridized carbons (Fsp3) is 0.462. The Morgan fingerprint density at radius 3 is 2.81 bits per heavy atom. The molecule has 2 rings (SSSR count). The van der Waals surface area contributed by atoms with Crippen molar-refractivity contribution in [3.05, 3.63) is 35.9 Å². The second-order valence-electron chi connectivity index (χ2n) is 4.13. The van der Waals surface area contributed by atoms with Gasteiger partial charge in [0.05, 0.1) is 12.7 Å². The minimum atomic E-state index is 0.210. The highest BCUT2D eigenvalue weighted by atomic mass is 32.1. The van der Waals surface area contributed by atoms with Crippen LogP contribution in [0, 0.1) is 5.92 Å². The van der Waals surface area contributed by atoms with Gasteiger partial charge in [-0.25, -0.2) is 0 Å². The number of hydrogen-bond donors (Lipinski definition) is 1. The molecule has 86 valence electrons. The Morgan fingerprint density at radius 2 is 2.19 bits per heavy atom. The first kappa shape index (κ1) is 11.7. The summed E-state index contributed by atoms with van der Waals surface area (Å²) in [4.78, 5) is 0.995. The van der Waals surface area contributed by atoms with Gasteiger partial charge in [0.15, 0.2) is 0 Å².